The van der Waals surface area contributed by atoms with Gasteiger partial charge >= 0.3 is 0 Å². The topological polar surface area (TPSA) is 47.1 Å². The smallest absolute Gasteiger partial charge is 0.137 e. The van der Waals surface area contributed by atoms with Gasteiger partial charge < -0.3 is 13.9 Å². The zero-order chi connectivity index (χ0) is 36.0. The standard InChI is InChI=1S/C50H30N4O/c1-5-15-42-38(12-1)47-39-13-2-6-16-43(39)54(35-26-27-37-36-11-4-8-18-45(36)55-46(37)30-35)50(47)40-14-3-7-17-44(40)53(42)34-24-21-31(22-25-34)41-28-23-33-20-19-32-10-9-29-51-48(32)49(33)52-41/h1-30H. The van der Waals surface area contributed by atoms with E-state index < -0.39 is 0 Å². The second-order valence-corrected chi connectivity index (χ2v) is 14.2. The molecule has 0 fully saturated rings. The van der Waals surface area contributed by atoms with Gasteiger partial charge in [-0.05, 0) is 60.7 Å². The maximum Gasteiger partial charge on any atom is 0.137 e. The highest BCUT2D eigenvalue weighted by molar-refractivity contribution is 6.13. The molecule has 0 saturated heterocycles. The quantitative estimate of drug-likeness (QED) is 0.172. The van der Waals surface area contributed by atoms with Gasteiger partial charge in [0.2, 0.25) is 0 Å². The number of hydrogen-bond donors (Lipinski definition) is 0. The van der Waals surface area contributed by atoms with Crippen LogP contribution in [-0.2, 0) is 0 Å². The summed E-state index contributed by atoms with van der Waals surface area (Å²) in [6.07, 6.45) is 1.84. The highest BCUT2D eigenvalue weighted by Gasteiger charge is 2.31. The lowest BCUT2D eigenvalue weighted by Crippen LogP contribution is -2.11. The van der Waals surface area contributed by atoms with E-state index in [-0.39, 0.29) is 0 Å². The lowest BCUT2D eigenvalue weighted by atomic mass is 9.98. The van der Waals surface area contributed by atoms with Gasteiger partial charge in [-0.3, -0.25) is 4.98 Å². The molecule has 0 unspecified atom stereocenters. The van der Waals surface area contributed by atoms with Crippen LogP contribution < -0.4 is 4.90 Å². The molecule has 1 aliphatic rings. The van der Waals surface area contributed by atoms with Crippen molar-refractivity contribution < 1.29 is 4.42 Å². The molecule has 55 heavy (non-hydrogen) atoms. The molecule has 12 rings (SSSR count). The number of fused-ring (bicyclic) bond motifs is 13. The number of anilines is 3. The van der Waals surface area contributed by atoms with Gasteiger partial charge in [-0.25, -0.2) is 4.98 Å². The largest absolute Gasteiger partial charge is 0.456 e. The van der Waals surface area contributed by atoms with Crippen molar-refractivity contribution >= 4 is 71.7 Å². The molecule has 0 amide bonds. The number of furan rings is 1. The Balaban J connectivity index is 1.06. The van der Waals surface area contributed by atoms with E-state index in [0.29, 0.717) is 0 Å². The fourth-order valence-corrected chi connectivity index (χ4v) is 8.71. The second kappa shape index (κ2) is 11.5. The molecule has 0 N–H and O–H groups in total. The molecule has 0 atom stereocenters. The molecule has 0 radical (unpaired) electrons. The van der Waals surface area contributed by atoms with Gasteiger partial charge in [0.15, 0.2) is 0 Å². The third-order valence-corrected chi connectivity index (χ3v) is 11.2. The Hall–Kier alpha value is -7.50. The second-order valence-electron chi connectivity index (χ2n) is 14.2. The summed E-state index contributed by atoms with van der Waals surface area (Å²) >= 11 is 0. The van der Waals surface area contributed by atoms with E-state index in [1.165, 1.54) is 16.5 Å². The van der Waals surface area contributed by atoms with E-state index >= 15 is 0 Å². The van der Waals surface area contributed by atoms with Crippen molar-refractivity contribution in [2.45, 2.75) is 0 Å². The SMILES string of the molecule is c1ccc2c(c1)-c1c(n(-c3ccc4c(c3)oc3ccccc34)c3ccccc13)-c1ccccc1N2c1ccc(-c2ccc3ccc4cccnc4c3n2)cc1. The first-order chi connectivity index (χ1) is 27.3. The van der Waals surface area contributed by atoms with Gasteiger partial charge in [0.1, 0.15) is 11.2 Å². The van der Waals surface area contributed by atoms with Crippen molar-refractivity contribution in [3.63, 3.8) is 0 Å². The monoisotopic (exact) mass is 702 g/mol. The summed E-state index contributed by atoms with van der Waals surface area (Å²) in [5.74, 6) is 0. The summed E-state index contributed by atoms with van der Waals surface area (Å²) in [7, 11) is 0. The third-order valence-electron chi connectivity index (χ3n) is 11.2. The molecule has 11 aromatic rings. The van der Waals surface area contributed by atoms with Crippen molar-refractivity contribution in [2.24, 2.45) is 0 Å². The van der Waals surface area contributed by atoms with Crippen LogP contribution in [0.25, 0.3) is 94.0 Å². The molecule has 0 saturated carbocycles. The minimum atomic E-state index is 0.875. The molecule has 5 heterocycles. The van der Waals surface area contributed by atoms with Crippen molar-refractivity contribution in [2.75, 3.05) is 4.90 Å². The Labute approximate surface area is 316 Å². The fourth-order valence-electron chi connectivity index (χ4n) is 8.71. The van der Waals surface area contributed by atoms with Crippen LogP contribution in [0.1, 0.15) is 0 Å². The number of aromatic nitrogens is 3. The van der Waals surface area contributed by atoms with Gasteiger partial charge in [0, 0.05) is 72.8 Å². The molecule has 5 heteroatoms. The zero-order valence-corrected chi connectivity index (χ0v) is 29.5. The number of benzene rings is 7. The Bertz CT molecular complexity index is 3340. The van der Waals surface area contributed by atoms with Crippen LogP contribution in [0.4, 0.5) is 17.1 Å². The molecular weight excluding hydrogens is 673 g/mol. The summed E-state index contributed by atoms with van der Waals surface area (Å²) in [6, 6.07) is 62.5. The van der Waals surface area contributed by atoms with Crippen LogP contribution in [0.3, 0.4) is 0 Å². The van der Waals surface area contributed by atoms with Crippen LogP contribution in [-0.4, -0.2) is 14.5 Å². The van der Waals surface area contributed by atoms with Gasteiger partial charge in [-0.15, -0.1) is 0 Å². The lowest BCUT2D eigenvalue weighted by molar-refractivity contribution is 0.668. The number of para-hydroxylation sites is 4. The number of hydrogen-bond acceptors (Lipinski definition) is 4. The van der Waals surface area contributed by atoms with Crippen LogP contribution in [0, 0.1) is 0 Å². The van der Waals surface area contributed by atoms with Crippen LogP contribution >= 0.6 is 0 Å². The maximum absolute atomic E-state index is 6.42. The summed E-state index contributed by atoms with van der Waals surface area (Å²) in [5, 5.41) is 5.61. The van der Waals surface area contributed by atoms with E-state index in [9.17, 15) is 0 Å². The zero-order valence-electron chi connectivity index (χ0n) is 29.5. The lowest BCUT2D eigenvalue weighted by Gasteiger charge is -2.27. The number of pyridine rings is 2. The first-order valence-electron chi connectivity index (χ1n) is 18.6. The molecule has 5 nitrogen and oxygen atoms in total. The summed E-state index contributed by atoms with van der Waals surface area (Å²) in [5.41, 5.74) is 15.8. The van der Waals surface area contributed by atoms with Crippen molar-refractivity contribution in [1.82, 2.24) is 14.5 Å². The van der Waals surface area contributed by atoms with E-state index in [0.717, 1.165) is 94.5 Å². The number of nitrogens with zero attached hydrogens (tertiary/aromatic N) is 4. The van der Waals surface area contributed by atoms with Crippen molar-refractivity contribution in [3.8, 4) is 39.3 Å². The molecule has 4 aromatic heterocycles. The summed E-state index contributed by atoms with van der Waals surface area (Å²) < 4.78 is 8.85. The van der Waals surface area contributed by atoms with Gasteiger partial charge in [-0.2, -0.15) is 0 Å². The Morgan fingerprint density at radius 2 is 1.15 bits per heavy atom. The highest BCUT2D eigenvalue weighted by atomic mass is 16.3. The van der Waals surface area contributed by atoms with Gasteiger partial charge in [0.25, 0.3) is 0 Å². The normalized spacial score (nSPS) is 12.3. The molecule has 0 spiro atoms. The van der Waals surface area contributed by atoms with Crippen molar-refractivity contribution in [1.29, 1.82) is 0 Å². The minimum Gasteiger partial charge on any atom is -0.456 e. The van der Waals surface area contributed by atoms with E-state index in [2.05, 4.69) is 172 Å². The molecule has 7 aromatic carbocycles. The van der Waals surface area contributed by atoms with E-state index in [1.807, 2.05) is 24.4 Å². The highest BCUT2D eigenvalue weighted by Crippen LogP contribution is 2.54. The van der Waals surface area contributed by atoms with Crippen molar-refractivity contribution in [3.05, 3.63) is 182 Å². The maximum atomic E-state index is 6.42. The molecule has 1 aliphatic heterocycles. The first kappa shape index (κ1) is 30.0. The van der Waals surface area contributed by atoms with Gasteiger partial charge in [0.05, 0.1) is 39.3 Å². The Morgan fingerprint density at radius 3 is 2.02 bits per heavy atom. The van der Waals surface area contributed by atoms with Crippen LogP contribution in [0.15, 0.2) is 187 Å². The Kier molecular flexibility index (Phi) is 6.27. The molecular formula is C50H30N4O. The third kappa shape index (κ3) is 4.41. The fraction of sp³-hybridized carbons (Fsp3) is 0. The van der Waals surface area contributed by atoms with Crippen LogP contribution in [0.5, 0.6) is 0 Å². The van der Waals surface area contributed by atoms with Crippen LogP contribution in [0.2, 0.25) is 0 Å². The first-order valence-corrected chi connectivity index (χ1v) is 18.6. The predicted molar refractivity (Wildman–Crippen MR) is 226 cm³/mol. The minimum absolute atomic E-state index is 0.875. The molecule has 256 valence electrons. The summed E-state index contributed by atoms with van der Waals surface area (Å²) in [6.45, 7) is 0. The predicted octanol–water partition coefficient (Wildman–Crippen LogP) is 13.4. The Morgan fingerprint density at radius 1 is 0.473 bits per heavy atom. The van der Waals surface area contributed by atoms with E-state index in [1.54, 1.807) is 0 Å². The average molecular weight is 703 g/mol. The van der Waals surface area contributed by atoms with E-state index in [4.69, 9.17) is 9.40 Å². The van der Waals surface area contributed by atoms with Gasteiger partial charge in [-0.1, -0.05) is 109 Å². The molecule has 0 bridgehead atoms. The number of rotatable bonds is 3. The summed E-state index contributed by atoms with van der Waals surface area (Å²) in [4.78, 5) is 12.2. The average Bonchev–Trinajstić information content (AvgIpc) is 3.76. The molecule has 0 aliphatic carbocycles.